The standard InChI is InChI=1S/C40H40N2O6S/c1-46-40(43)33-21-22-35-34(25-33)27-47-28-37(35)42(49(44,45)39-14-8-6-12-36(39)41)24-23-32-11-5-7-13-38(32)48-26-31-19-17-30(18-20-31)16-15-29-9-3-2-4-10-29/h2-14,17-22,25,37H,15-16,23-24,26-28,41H2,1H3. The molecule has 6 rings (SSSR count). The van der Waals surface area contributed by atoms with Crippen LogP contribution in [0.5, 0.6) is 5.75 Å². The van der Waals surface area contributed by atoms with Crippen molar-refractivity contribution in [1.82, 2.24) is 4.31 Å². The Kier molecular flexibility index (Phi) is 10.7. The van der Waals surface area contributed by atoms with Gasteiger partial charge in [-0.25, -0.2) is 13.2 Å². The highest BCUT2D eigenvalue weighted by molar-refractivity contribution is 7.89. The van der Waals surface area contributed by atoms with Crippen LogP contribution in [0.4, 0.5) is 5.69 Å². The van der Waals surface area contributed by atoms with Crippen molar-refractivity contribution in [2.24, 2.45) is 0 Å². The number of ether oxygens (including phenoxy) is 3. The maximum atomic E-state index is 14.3. The zero-order chi connectivity index (χ0) is 34.2. The monoisotopic (exact) mass is 676 g/mol. The average Bonchev–Trinajstić information content (AvgIpc) is 3.14. The number of benzene rings is 5. The molecule has 0 aromatic heterocycles. The van der Waals surface area contributed by atoms with Crippen molar-refractivity contribution in [2.75, 3.05) is 26.0 Å². The van der Waals surface area contributed by atoms with E-state index in [0.717, 1.165) is 35.1 Å². The first kappa shape index (κ1) is 33.9. The van der Waals surface area contributed by atoms with Crippen LogP contribution in [-0.4, -0.2) is 39.0 Å². The van der Waals surface area contributed by atoms with Crippen LogP contribution < -0.4 is 10.5 Å². The third-order valence-electron chi connectivity index (χ3n) is 8.85. The highest BCUT2D eigenvalue weighted by Gasteiger charge is 2.36. The van der Waals surface area contributed by atoms with Crippen molar-refractivity contribution in [3.05, 3.63) is 160 Å². The van der Waals surface area contributed by atoms with Gasteiger partial charge in [0.1, 0.15) is 17.3 Å². The molecule has 1 atom stereocenters. The second-order valence-electron chi connectivity index (χ2n) is 12.0. The molecular weight excluding hydrogens is 637 g/mol. The summed E-state index contributed by atoms with van der Waals surface area (Å²) in [5.74, 6) is 0.220. The maximum absolute atomic E-state index is 14.3. The Bertz CT molecular complexity index is 2000. The molecule has 0 radical (unpaired) electrons. The molecule has 1 unspecified atom stereocenters. The van der Waals surface area contributed by atoms with E-state index in [9.17, 15) is 13.2 Å². The van der Waals surface area contributed by atoms with E-state index in [1.165, 1.54) is 28.6 Å². The Labute approximate surface area is 288 Å². The number of rotatable bonds is 13. The minimum Gasteiger partial charge on any atom is -0.489 e. The lowest BCUT2D eigenvalue weighted by Crippen LogP contribution is -2.40. The largest absolute Gasteiger partial charge is 0.489 e. The summed E-state index contributed by atoms with van der Waals surface area (Å²) in [5.41, 5.74) is 12.8. The molecule has 9 heteroatoms. The molecule has 252 valence electrons. The van der Waals surface area contributed by atoms with Crippen molar-refractivity contribution < 1.29 is 27.4 Å². The van der Waals surface area contributed by atoms with E-state index in [1.54, 1.807) is 36.4 Å². The molecule has 49 heavy (non-hydrogen) atoms. The quantitative estimate of drug-likeness (QED) is 0.107. The Hall–Kier alpha value is -4.96. The number of nitrogens with two attached hydrogens (primary N) is 1. The summed E-state index contributed by atoms with van der Waals surface area (Å²) in [7, 11) is -2.75. The van der Waals surface area contributed by atoms with E-state index in [0.29, 0.717) is 24.3 Å². The fourth-order valence-electron chi connectivity index (χ4n) is 6.17. The van der Waals surface area contributed by atoms with Crippen molar-refractivity contribution in [2.45, 2.75) is 43.4 Å². The number of nitrogen functional groups attached to an aromatic ring is 1. The Morgan fingerprint density at radius 2 is 1.49 bits per heavy atom. The van der Waals surface area contributed by atoms with Gasteiger partial charge in [0, 0.05) is 6.54 Å². The van der Waals surface area contributed by atoms with Gasteiger partial charge < -0.3 is 19.9 Å². The summed E-state index contributed by atoms with van der Waals surface area (Å²) in [5, 5.41) is 0. The van der Waals surface area contributed by atoms with Gasteiger partial charge in [0.2, 0.25) is 10.0 Å². The third-order valence-corrected chi connectivity index (χ3v) is 10.8. The normalized spacial score (nSPS) is 14.3. The number of hydrogen-bond acceptors (Lipinski definition) is 7. The first-order valence-electron chi connectivity index (χ1n) is 16.3. The van der Waals surface area contributed by atoms with E-state index in [2.05, 4.69) is 48.5 Å². The van der Waals surface area contributed by atoms with E-state index in [1.807, 2.05) is 30.3 Å². The van der Waals surface area contributed by atoms with Crippen molar-refractivity contribution in [3.63, 3.8) is 0 Å². The zero-order valence-corrected chi connectivity index (χ0v) is 28.3. The number of sulfonamides is 1. The van der Waals surface area contributed by atoms with Crippen LogP contribution >= 0.6 is 0 Å². The van der Waals surface area contributed by atoms with Gasteiger partial charge in [0.05, 0.1) is 37.6 Å². The smallest absolute Gasteiger partial charge is 0.337 e. The molecule has 0 amide bonds. The molecule has 0 spiro atoms. The number of methoxy groups -OCH3 is 1. The van der Waals surface area contributed by atoms with Gasteiger partial charge in [-0.15, -0.1) is 0 Å². The van der Waals surface area contributed by atoms with Gasteiger partial charge in [-0.3, -0.25) is 0 Å². The summed E-state index contributed by atoms with van der Waals surface area (Å²) in [6.07, 6.45) is 2.33. The van der Waals surface area contributed by atoms with Crippen LogP contribution in [-0.2, 0) is 52.0 Å². The predicted octanol–water partition coefficient (Wildman–Crippen LogP) is 6.92. The molecule has 0 bridgehead atoms. The number of anilines is 1. The van der Waals surface area contributed by atoms with E-state index >= 15 is 0 Å². The molecule has 5 aromatic carbocycles. The number of nitrogens with zero attached hydrogens (tertiary/aromatic N) is 1. The topological polar surface area (TPSA) is 108 Å². The number of esters is 1. The van der Waals surface area contributed by atoms with Gasteiger partial charge in [-0.05, 0) is 83.0 Å². The fourth-order valence-corrected chi connectivity index (χ4v) is 7.88. The zero-order valence-electron chi connectivity index (χ0n) is 27.5. The number of carbonyl (C=O) groups is 1. The SMILES string of the molecule is COC(=O)c1ccc2c(c1)COCC2N(CCc1ccccc1OCc1ccc(CCc2ccccc2)cc1)S(=O)(=O)c1ccccc1N. The van der Waals surface area contributed by atoms with Crippen LogP contribution in [0.3, 0.4) is 0 Å². The van der Waals surface area contributed by atoms with Crippen molar-refractivity contribution in [1.29, 1.82) is 0 Å². The molecule has 8 nitrogen and oxygen atoms in total. The Balaban J connectivity index is 1.21. The maximum Gasteiger partial charge on any atom is 0.337 e. The molecular formula is C40H40N2O6S. The van der Waals surface area contributed by atoms with Gasteiger partial charge in [-0.2, -0.15) is 4.31 Å². The molecule has 0 aliphatic carbocycles. The minimum absolute atomic E-state index is 0.0325. The lowest BCUT2D eigenvalue weighted by molar-refractivity contribution is 0.0573. The highest BCUT2D eigenvalue weighted by atomic mass is 32.2. The summed E-state index contributed by atoms with van der Waals surface area (Å²) in [6.45, 7) is 0.920. The first-order chi connectivity index (χ1) is 23.8. The second-order valence-corrected chi connectivity index (χ2v) is 13.9. The summed E-state index contributed by atoms with van der Waals surface area (Å²) in [4.78, 5) is 12.3. The first-order valence-corrected chi connectivity index (χ1v) is 17.7. The van der Waals surface area contributed by atoms with Gasteiger partial charge in [0.25, 0.3) is 0 Å². The number of carbonyl (C=O) groups excluding carboxylic acids is 1. The Morgan fingerprint density at radius 3 is 2.24 bits per heavy atom. The van der Waals surface area contributed by atoms with E-state index < -0.39 is 22.0 Å². The number of fused-ring (bicyclic) bond motifs is 1. The van der Waals surface area contributed by atoms with E-state index in [4.69, 9.17) is 19.9 Å². The number of hydrogen-bond donors (Lipinski definition) is 1. The van der Waals surface area contributed by atoms with Crippen molar-refractivity contribution >= 4 is 21.7 Å². The van der Waals surface area contributed by atoms with Gasteiger partial charge in [-0.1, -0.05) is 91.0 Å². The van der Waals surface area contributed by atoms with Crippen LogP contribution in [0.15, 0.2) is 126 Å². The summed E-state index contributed by atoms with van der Waals surface area (Å²) >= 11 is 0. The van der Waals surface area contributed by atoms with Crippen molar-refractivity contribution in [3.8, 4) is 5.75 Å². The van der Waals surface area contributed by atoms with Gasteiger partial charge in [0.15, 0.2) is 0 Å². The van der Waals surface area contributed by atoms with Crippen LogP contribution in [0.1, 0.15) is 49.8 Å². The molecule has 0 fully saturated rings. The molecule has 1 aliphatic rings. The third kappa shape index (κ3) is 8.03. The lowest BCUT2D eigenvalue weighted by atomic mass is 9.96. The second kappa shape index (κ2) is 15.5. The molecule has 1 aliphatic heterocycles. The van der Waals surface area contributed by atoms with Crippen LogP contribution in [0.25, 0.3) is 0 Å². The van der Waals surface area contributed by atoms with Gasteiger partial charge >= 0.3 is 5.97 Å². The molecule has 2 N–H and O–H groups in total. The minimum atomic E-state index is -4.07. The fraction of sp³-hybridized carbons (Fsp3) is 0.225. The van der Waals surface area contributed by atoms with Crippen LogP contribution in [0, 0.1) is 0 Å². The number of para-hydroxylation sites is 2. The lowest BCUT2D eigenvalue weighted by Gasteiger charge is -2.35. The molecule has 0 saturated heterocycles. The summed E-state index contributed by atoms with van der Waals surface area (Å²) < 4.78 is 47.3. The summed E-state index contributed by atoms with van der Waals surface area (Å²) in [6, 6.07) is 37.6. The average molecular weight is 677 g/mol. The molecule has 1 heterocycles. The van der Waals surface area contributed by atoms with E-state index in [-0.39, 0.29) is 30.3 Å². The molecule has 0 saturated carbocycles. The van der Waals surface area contributed by atoms with Crippen LogP contribution in [0.2, 0.25) is 0 Å². The predicted molar refractivity (Wildman–Crippen MR) is 190 cm³/mol. The Morgan fingerprint density at radius 1 is 0.816 bits per heavy atom. The molecule has 5 aromatic rings. The number of aryl methyl sites for hydroxylation is 2. The highest BCUT2D eigenvalue weighted by Crippen LogP contribution is 2.36.